The number of benzene rings is 8. The van der Waals surface area contributed by atoms with E-state index in [1.165, 1.54) is 122 Å². The highest BCUT2D eigenvalue weighted by molar-refractivity contribution is 5.93. The van der Waals surface area contributed by atoms with Crippen molar-refractivity contribution in [2.75, 3.05) is 0 Å². The van der Waals surface area contributed by atoms with E-state index in [0.29, 0.717) is 0 Å². The maximum absolute atomic E-state index is 5.30. The van der Waals surface area contributed by atoms with E-state index >= 15 is 0 Å². The zero-order chi connectivity index (χ0) is 47.0. The fourth-order valence-corrected chi connectivity index (χ4v) is 13.7. The van der Waals surface area contributed by atoms with Gasteiger partial charge in [0, 0.05) is 22.9 Å². The lowest BCUT2D eigenvalue weighted by atomic mass is 9.64. The molecule has 3 aliphatic carbocycles. The lowest BCUT2D eigenvalue weighted by molar-refractivity contribution is -0.675. The number of fused-ring (bicyclic) bond motifs is 9. The van der Waals surface area contributed by atoms with Crippen LogP contribution in [0.3, 0.4) is 0 Å². The van der Waals surface area contributed by atoms with Gasteiger partial charge in [0.25, 0.3) is 0 Å². The van der Waals surface area contributed by atoms with Gasteiger partial charge in [-0.25, -0.2) is 0 Å². The second kappa shape index (κ2) is 14.8. The van der Waals surface area contributed by atoms with Crippen molar-refractivity contribution in [3.05, 3.63) is 296 Å². The Morgan fingerprint density at radius 3 is 1.16 bits per heavy atom. The first kappa shape index (κ1) is 41.3. The van der Waals surface area contributed by atoms with Gasteiger partial charge in [-0.15, -0.1) is 0 Å². The van der Waals surface area contributed by atoms with E-state index in [0.717, 1.165) is 5.69 Å². The van der Waals surface area contributed by atoms with Crippen LogP contribution in [0.25, 0.3) is 33.4 Å². The highest BCUT2D eigenvalue weighted by Crippen LogP contribution is 2.62. The van der Waals surface area contributed by atoms with E-state index in [9.17, 15) is 0 Å². The second-order valence-electron chi connectivity index (χ2n) is 20.0. The maximum Gasteiger partial charge on any atom is 0.204 e. The smallest absolute Gasteiger partial charge is 0.204 e. The fraction of sp³-hybridized carbons (Fsp3) is 0.152. The third kappa shape index (κ3) is 5.23. The summed E-state index contributed by atoms with van der Waals surface area (Å²) in [4.78, 5) is 5.30. The molecule has 3 nitrogen and oxygen atoms in total. The summed E-state index contributed by atoms with van der Waals surface area (Å²) in [5.41, 5.74) is 27.1. The van der Waals surface area contributed by atoms with Crippen LogP contribution in [0.2, 0.25) is 0 Å². The van der Waals surface area contributed by atoms with Crippen molar-refractivity contribution in [3.8, 4) is 33.4 Å². The minimum atomic E-state index is -0.709. The van der Waals surface area contributed by atoms with Crippen molar-refractivity contribution in [1.82, 2.24) is 9.55 Å². The molecule has 13 rings (SSSR count). The summed E-state index contributed by atoms with van der Waals surface area (Å²) in [6, 6.07) is 67.1. The molecule has 10 aromatic rings. The van der Waals surface area contributed by atoms with Crippen molar-refractivity contribution in [2.45, 2.75) is 57.9 Å². The molecule has 0 atom stereocenters. The first-order chi connectivity index (χ1) is 33.6. The van der Waals surface area contributed by atoms with E-state index in [2.05, 4.69) is 246 Å². The SMILES string of the molecule is Cc1cccc2c1-c1c(C)cccc1C2(c1cccc(C2(c3ccccn3)c3cccc(C)c3-c3c(C)cccc32)c1)c1cccc(C2(n3[c-][n+](C)cc3)c3cccc(C)c3-c3c(C)cccc32)c1. The zero-order valence-corrected chi connectivity index (χ0v) is 40.3. The molecular formula is C66H53N3. The van der Waals surface area contributed by atoms with Crippen molar-refractivity contribution >= 4 is 0 Å². The van der Waals surface area contributed by atoms with Crippen LogP contribution in [0.15, 0.2) is 195 Å². The van der Waals surface area contributed by atoms with Crippen molar-refractivity contribution in [2.24, 2.45) is 7.05 Å². The molecule has 3 heteroatoms. The van der Waals surface area contributed by atoms with E-state index < -0.39 is 16.4 Å². The van der Waals surface area contributed by atoms with Crippen LogP contribution < -0.4 is 4.57 Å². The van der Waals surface area contributed by atoms with Gasteiger partial charge in [0.1, 0.15) is 0 Å². The number of hydrogen-bond acceptors (Lipinski definition) is 1. The summed E-state index contributed by atoms with van der Waals surface area (Å²) in [7, 11) is 2.07. The number of aromatic nitrogens is 3. The Balaban J connectivity index is 1.16. The zero-order valence-electron chi connectivity index (χ0n) is 40.3. The van der Waals surface area contributed by atoms with Crippen LogP contribution in [0.5, 0.6) is 0 Å². The highest BCUT2D eigenvalue weighted by Gasteiger charge is 2.53. The van der Waals surface area contributed by atoms with E-state index in [-0.39, 0.29) is 0 Å². The van der Waals surface area contributed by atoms with Crippen LogP contribution in [-0.4, -0.2) is 9.55 Å². The van der Waals surface area contributed by atoms with Gasteiger partial charge in [-0.05, 0) is 178 Å². The lowest BCUT2D eigenvalue weighted by Gasteiger charge is -2.38. The molecule has 0 spiro atoms. The predicted molar refractivity (Wildman–Crippen MR) is 279 cm³/mol. The number of imidazole rings is 1. The molecule has 0 N–H and O–H groups in total. The monoisotopic (exact) mass is 887 g/mol. The van der Waals surface area contributed by atoms with Gasteiger partial charge in [-0.2, -0.15) is 0 Å². The molecule has 332 valence electrons. The molecule has 0 unspecified atom stereocenters. The number of rotatable bonds is 6. The van der Waals surface area contributed by atoms with E-state index in [1.54, 1.807) is 0 Å². The second-order valence-corrected chi connectivity index (χ2v) is 20.0. The predicted octanol–water partition coefficient (Wildman–Crippen LogP) is 13.9. The molecule has 69 heavy (non-hydrogen) atoms. The van der Waals surface area contributed by atoms with Crippen molar-refractivity contribution in [3.63, 3.8) is 0 Å². The number of hydrogen-bond donors (Lipinski definition) is 0. The average molecular weight is 888 g/mol. The molecule has 8 aromatic carbocycles. The van der Waals surface area contributed by atoms with Gasteiger partial charge in [0.2, 0.25) is 6.33 Å². The Labute approximate surface area is 406 Å². The average Bonchev–Trinajstić information content (AvgIpc) is 4.11. The van der Waals surface area contributed by atoms with Crippen LogP contribution in [-0.2, 0) is 23.4 Å². The molecule has 0 fully saturated rings. The Kier molecular flexibility index (Phi) is 8.87. The molecule has 3 aliphatic rings. The third-order valence-corrected chi connectivity index (χ3v) is 16.3. The summed E-state index contributed by atoms with van der Waals surface area (Å²) in [5.74, 6) is 0. The molecule has 0 saturated carbocycles. The minimum absolute atomic E-state index is 0.677. The summed E-state index contributed by atoms with van der Waals surface area (Å²) in [6.45, 7) is 13.6. The first-order valence-corrected chi connectivity index (χ1v) is 24.3. The van der Waals surface area contributed by atoms with Crippen LogP contribution in [0, 0.1) is 47.9 Å². The molecule has 0 saturated heterocycles. The largest absolute Gasteiger partial charge is 0.354 e. The van der Waals surface area contributed by atoms with Crippen LogP contribution in [0.4, 0.5) is 0 Å². The molecule has 2 heterocycles. The number of nitrogens with zero attached hydrogens (tertiary/aromatic N) is 3. The standard InChI is InChI=1S/C66H53N3/c1-41-18-10-28-51-58(41)59-42(2)19-11-29-52(59)64(51,47-24-16-26-49(38-47)65(57-34-8-9-35-67-57)53-30-12-20-43(3)60(53)61-44(4)21-13-31-54(61)65)48-25-17-27-50(39-48)66(69-37-36-68(7)40-69)55-32-14-22-45(5)62(55)63-46(6)23-15-33-56(63)66/h8-39H,1-7H3. The summed E-state index contributed by atoms with van der Waals surface area (Å²) < 4.78 is 4.39. The Hall–Kier alpha value is -7.88. The lowest BCUT2D eigenvalue weighted by Crippen LogP contribution is -2.38. The molecular weight excluding hydrogens is 835 g/mol. The summed E-state index contributed by atoms with van der Waals surface area (Å²) in [5, 5.41) is 0. The fourth-order valence-electron chi connectivity index (χ4n) is 13.7. The van der Waals surface area contributed by atoms with Gasteiger partial charge in [0.15, 0.2) is 5.54 Å². The normalized spacial score (nSPS) is 14.9. The van der Waals surface area contributed by atoms with Gasteiger partial charge in [0.05, 0.1) is 23.6 Å². The van der Waals surface area contributed by atoms with Crippen molar-refractivity contribution < 1.29 is 4.57 Å². The molecule has 0 amide bonds. The highest BCUT2D eigenvalue weighted by atomic mass is 15.2. The quantitative estimate of drug-likeness (QED) is 0.120. The van der Waals surface area contributed by atoms with Crippen LogP contribution in [0.1, 0.15) is 94.7 Å². The number of pyridine rings is 1. The Morgan fingerprint density at radius 1 is 0.391 bits per heavy atom. The maximum atomic E-state index is 5.30. The van der Waals surface area contributed by atoms with Crippen LogP contribution >= 0.6 is 0 Å². The van der Waals surface area contributed by atoms with Gasteiger partial charge in [-0.3, -0.25) is 4.98 Å². The minimum Gasteiger partial charge on any atom is -0.354 e. The third-order valence-electron chi connectivity index (χ3n) is 16.3. The Bertz CT molecular complexity index is 3620. The van der Waals surface area contributed by atoms with Gasteiger partial charge in [-0.1, -0.05) is 158 Å². The summed E-state index contributed by atoms with van der Waals surface area (Å²) in [6.07, 6.45) is 10.1. The molecule has 2 aromatic heterocycles. The summed E-state index contributed by atoms with van der Waals surface area (Å²) >= 11 is 0. The topological polar surface area (TPSA) is 21.7 Å². The molecule has 0 aliphatic heterocycles. The first-order valence-electron chi connectivity index (χ1n) is 24.3. The van der Waals surface area contributed by atoms with E-state index in [4.69, 9.17) is 4.98 Å². The molecule has 0 bridgehead atoms. The van der Waals surface area contributed by atoms with E-state index in [1.807, 2.05) is 12.3 Å². The Morgan fingerprint density at radius 2 is 0.754 bits per heavy atom. The molecule has 0 radical (unpaired) electrons. The van der Waals surface area contributed by atoms with Gasteiger partial charge >= 0.3 is 0 Å². The van der Waals surface area contributed by atoms with Gasteiger partial charge < -0.3 is 9.13 Å². The van der Waals surface area contributed by atoms with Crippen molar-refractivity contribution in [1.29, 1.82) is 0 Å². The number of aryl methyl sites for hydroxylation is 7.